The van der Waals surface area contributed by atoms with E-state index in [-0.39, 0.29) is 17.2 Å². The third-order valence-corrected chi connectivity index (χ3v) is 5.65. The molecule has 0 spiro atoms. The summed E-state index contributed by atoms with van der Waals surface area (Å²) in [6.07, 6.45) is 1.48. The molecule has 0 fully saturated rings. The third kappa shape index (κ3) is 8.60. The van der Waals surface area contributed by atoms with Gasteiger partial charge in [0.15, 0.2) is 17.2 Å². The number of hydrogen-bond donors (Lipinski definition) is 3. The van der Waals surface area contributed by atoms with E-state index in [4.69, 9.17) is 14.6 Å². The van der Waals surface area contributed by atoms with Crippen molar-refractivity contribution < 1.29 is 29.3 Å². The van der Waals surface area contributed by atoms with Crippen LogP contribution in [-0.4, -0.2) is 46.3 Å². The predicted molar refractivity (Wildman–Crippen MR) is 149 cm³/mol. The van der Waals surface area contributed by atoms with Gasteiger partial charge in [-0.2, -0.15) is 0 Å². The number of esters is 1. The van der Waals surface area contributed by atoms with E-state index in [1.807, 2.05) is 54.6 Å². The second-order valence-electron chi connectivity index (χ2n) is 8.76. The van der Waals surface area contributed by atoms with Crippen LogP contribution in [0.5, 0.6) is 17.2 Å². The Labute approximate surface area is 227 Å². The summed E-state index contributed by atoms with van der Waals surface area (Å²) in [5.74, 6) is -1.23. The third-order valence-electron chi connectivity index (χ3n) is 5.65. The number of amides is 1. The number of aromatic nitrogens is 1. The number of nitrogens with zero attached hydrogens (tertiary/aromatic N) is 1. The Bertz CT molecular complexity index is 1360. The van der Waals surface area contributed by atoms with E-state index in [1.54, 1.807) is 31.2 Å². The topological polar surface area (TPSA) is 118 Å². The SMILES string of the molecule is COc1ccnc(C(=O)N[C@@H](C)C(=O)OC(C)Cc2cccc(-c3ccccc3)c2)c1O.Oc1ccccc1. The van der Waals surface area contributed by atoms with Crippen LogP contribution in [-0.2, 0) is 16.0 Å². The number of methoxy groups -OCH3 is 1. The zero-order valence-corrected chi connectivity index (χ0v) is 22.1. The average molecular weight is 529 g/mol. The van der Waals surface area contributed by atoms with Gasteiger partial charge in [0, 0.05) is 18.7 Å². The summed E-state index contributed by atoms with van der Waals surface area (Å²) in [5.41, 5.74) is 3.02. The van der Waals surface area contributed by atoms with E-state index >= 15 is 0 Å². The number of ether oxygens (including phenoxy) is 2. The second-order valence-corrected chi connectivity index (χ2v) is 8.76. The van der Waals surface area contributed by atoms with Crippen LogP contribution in [0.25, 0.3) is 11.1 Å². The summed E-state index contributed by atoms with van der Waals surface area (Å²) in [6, 6.07) is 27.3. The fourth-order valence-electron chi connectivity index (χ4n) is 3.70. The number of nitrogens with one attached hydrogen (secondary N) is 1. The van der Waals surface area contributed by atoms with Crippen molar-refractivity contribution in [3.8, 4) is 28.4 Å². The first-order valence-electron chi connectivity index (χ1n) is 12.4. The molecule has 0 aliphatic heterocycles. The molecule has 0 saturated heterocycles. The molecule has 8 heteroatoms. The normalized spacial score (nSPS) is 11.8. The minimum Gasteiger partial charge on any atom is -0.508 e. The van der Waals surface area contributed by atoms with Gasteiger partial charge in [-0.3, -0.25) is 4.79 Å². The molecule has 0 aliphatic carbocycles. The van der Waals surface area contributed by atoms with Gasteiger partial charge in [-0.25, -0.2) is 9.78 Å². The van der Waals surface area contributed by atoms with E-state index in [0.717, 1.165) is 16.7 Å². The van der Waals surface area contributed by atoms with E-state index in [1.165, 1.54) is 26.3 Å². The lowest BCUT2D eigenvalue weighted by Gasteiger charge is -2.18. The zero-order chi connectivity index (χ0) is 28.2. The number of carbonyl (C=O) groups is 2. The van der Waals surface area contributed by atoms with Gasteiger partial charge in [-0.05, 0) is 42.7 Å². The van der Waals surface area contributed by atoms with Crippen LogP contribution in [0, 0.1) is 0 Å². The summed E-state index contributed by atoms with van der Waals surface area (Å²) >= 11 is 0. The molecule has 202 valence electrons. The summed E-state index contributed by atoms with van der Waals surface area (Å²) in [6.45, 7) is 3.32. The highest BCUT2D eigenvalue weighted by atomic mass is 16.5. The van der Waals surface area contributed by atoms with Gasteiger partial charge >= 0.3 is 5.97 Å². The van der Waals surface area contributed by atoms with Crippen molar-refractivity contribution in [3.63, 3.8) is 0 Å². The molecule has 0 radical (unpaired) electrons. The summed E-state index contributed by atoms with van der Waals surface area (Å²) < 4.78 is 10.5. The van der Waals surface area contributed by atoms with Crippen LogP contribution in [0.3, 0.4) is 0 Å². The van der Waals surface area contributed by atoms with Gasteiger partial charge in [0.25, 0.3) is 5.91 Å². The molecule has 0 aliphatic rings. The van der Waals surface area contributed by atoms with Crippen LogP contribution in [0.1, 0.15) is 29.9 Å². The fraction of sp³-hybridized carbons (Fsp3) is 0.194. The highest BCUT2D eigenvalue weighted by molar-refractivity contribution is 5.97. The van der Waals surface area contributed by atoms with Gasteiger partial charge in [0.1, 0.15) is 17.9 Å². The van der Waals surface area contributed by atoms with Crippen LogP contribution in [0.15, 0.2) is 97.2 Å². The van der Waals surface area contributed by atoms with Crippen molar-refractivity contribution in [2.45, 2.75) is 32.4 Å². The maximum Gasteiger partial charge on any atom is 0.328 e. The Morgan fingerprint density at radius 1 is 0.872 bits per heavy atom. The molecule has 1 aromatic heterocycles. The van der Waals surface area contributed by atoms with Crippen molar-refractivity contribution in [2.24, 2.45) is 0 Å². The number of pyridine rings is 1. The standard InChI is InChI=1S/C25H26N2O5.C6H6O/c1-16(14-18-8-7-11-20(15-18)19-9-5-4-6-10-19)32-25(30)17(2)27-24(29)22-23(28)21(31-3)12-13-26-22;7-6-4-2-1-3-5-6/h4-13,15-17,28H,14H2,1-3H3,(H,27,29);1-5,7H/t16?,17-;/m0./s1. The first-order chi connectivity index (χ1) is 18.8. The molecule has 8 nitrogen and oxygen atoms in total. The molecule has 0 saturated carbocycles. The Balaban J connectivity index is 0.000000520. The van der Waals surface area contributed by atoms with Crippen molar-refractivity contribution >= 4 is 11.9 Å². The molecule has 1 heterocycles. The predicted octanol–water partition coefficient (Wildman–Crippen LogP) is 5.15. The largest absolute Gasteiger partial charge is 0.508 e. The lowest BCUT2D eigenvalue weighted by atomic mass is 10.0. The van der Waals surface area contributed by atoms with Crippen LogP contribution >= 0.6 is 0 Å². The highest BCUT2D eigenvalue weighted by Crippen LogP contribution is 2.27. The molecule has 4 aromatic rings. The van der Waals surface area contributed by atoms with Crippen molar-refractivity contribution in [1.29, 1.82) is 0 Å². The van der Waals surface area contributed by atoms with Crippen LogP contribution < -0.4 is 10.1 Å². The van der Waals surface area contributed by atoms with Crippen LogP contribution in [0.4, 0.5) is 0 Å². The number of aromatic hydroxyl groups is 2. The Kier molecular flexibility index (Phi) is 10.4. The molecule has 3 aromatic carbocycles. The number of rotatable bonds is 8. The lowest BCUT2D eigenvalue weighted by molar-refractivity contribution is -0.150. The van der Waals surface area contributed by atoms with Gasteiger partial charge in [-0.1, -0.05) is 72.8 Å². The number of benzene rings is 3. The molecule has 39 heavy (non-hydrogen) atoms. The summed E-state index contributed by atoms with van der Waals surface area (Å²) in [5, 5.41) is 21.2. The maximum absolute atomic E-state index is 12.5. The fourth-order valence-corrected chi connectivity index (χ4v) is 3.70. The van der Waals surface area contributed by atoms with Gasteiger partial charge in [-0.15, -0.1) is 0 Å². The minimum absolute atomic E-state index is 0.117. The van der Waals surface area contributed by atoms with Crippen LogP contribution in [0.2, 0.25) is 0 Å². The number of hydrogen-bond acceptors (Lipinski definition) is 7. The summed E-state index contributed by atoms with van der Waals surface area (Å²) in [7, 11) is 1.37. The zero-order valence-electron chi connectivity index (χ0n) is 22.1. The van der Waals surface area contributed by atoms with Crippen molar-refractivity contribution in [3.05, 3.63) is 108 Å². The molecular weight excluding hydrogens is 496 g/mol. The molecule has 3 N–H and O–H groups in total. The first kappa shape index (κ1) is 28.7. The number of para-hydroxylation sites is 1. The second kappa shape index (κ2) is 14.2. The molecule has 0 bridgehead atoms. The molecule has 1 amide bonds. The minimum atomic E-state index is -0.923. The van der Waals surface area contributed by atoms with Gasteiger partial charge in [0.05, 0.1) is 7.11 Å². The Morgan fingerprint density at radius 2 is 1.51 bits per heavy atom. The van der Waals surface area contributed by atoms with Crippen molar-refractivity contribution in [2.75, 3.05) is 7.11 Å². The average Bonchev–Trinajstić information content (AvgIpc) is 2.94. The lowest BCUT2D eigenvalue weighted by Crippen LogP contribution is -2.41. The molecule has 1 unspecified atom stereocenters. The first-order valence-corrected chi connectivity index (χ1v) is 12.4. The highest BCUT2D eigenvalue weighted by Gasteiger charge is 2.23. The number of phenols is 1. The summed E-state index contributed by atoms with van der Waals surface area (Å²) in [4.78, 5) is 28.7. The monoisotopic (exact) mass is 528 g/mol. The molecule has 2 atom stereocenters. The van der Waals surface area contributed by atoms with E-state index in [9.17, 15) is 14.7 Å². The quantitative estimate of drug-likeness (QED) is 0.271. The van der Waals surface area contributed by atoms with Crippen molar-refractivity contribution in [1.82, 2.24) is 10.3 Å². The van der Waals surface area contributed by atoms with E-state index in [0.29, 0.717) is 12.2 Å². The van der Waals surface area contributed by atoms with Gasteiger partial charge < -0.3 is 25.0 Å². The van der Waals surface area contributed by atoms with E-state index < -0.39 is 24.0 Å². The Morgan fingerprint density at radius 3 is 2.13 bits per heavy atom. The number of carbonyl (C=O) groups excluding carboxylic acids is 2. The number of phenolic OH excluding ortho intramolecular Hbond substituents is 1. The smallest absolute Gasteiger partial charge is 0.328 e. The maximum atomic E-state index is 12.5. The molecule has 4 rings (SSSR count). The Hall–Kier alpha value is -4.85. The van der Waals surface area contributed by atoms with Gasteiger partial charge in [0.2, 0.25) is 0 Å². The van der Waals surface area contributed by atoms with E-state index in [2.05, 4.69) is 16.4 Å². The molecular formula is C31H32N2O6.